The second kappa shape index (κ2) is 6.32. The van der Waals surface area contributed by atoms with Crippen molar-refractivity contribution in [2.45, 2.75) is 50.6 Å². The second-order valence-electron chi connectivity index (χ2n) is 5.34. The van der Waals surface area contributed by atoms with E-state index in [9.17, 15) is 13.5 Å². The van der Waals surface area contributed by atoms with Gasteiger partial charge in [0.1, 0.15) is 0 Å². The maximum atomic E-state index is 12.2. The van der Waals surface area contributed by atoms with Crippen molar-refractivity contribution in [2.24, 2.45) is 0 Å². The fourth-order valence-electron chi connectivity index (χ4n) is 2.94. The summed E-state index contributed by atoms with van der Waals surface area (Å²) in [5.41, 5.74) is 0. The molecule has 2 N–H and O–H groups in total. The molecular weight excluding hydrogens is 252 g/mol. The number of hydrogen-bond acceptors (Lipinski definition) is 4. The fourth-order valence-corrected chi connectivity index (χ4v) is 4.79. The molecule has 2 atom stereocenters. The standard InChI is InChI=1S/C12H24N2O3S/c15-10-12-5-3-8-14(12)18(16,17)9-6-11-4-1-2-7-13-11/h11-13,15H,1-10H2. The number of piperidine rings is 1. The molecule has 2 aliphatic rings. The molecule has 5 nitrogen and oxygen atoms in total. The van der Waals surface area contributed by atoms with Crippen LogP contribution in [0.25, 0.3) is 0 Å². The summed E-state index contributed by atoms with van der Waals surface area (Å²) in [6.07, 6.45) is 5.82. The van der Waals surface area contributed by atoms with E-state index in [4.69, 9.17) is 0 Å². The summed E-state index contributed by atoms with van der Waals surface area (Å²) in [4.78, 5) is 0. The van der Waals surface area contributed by atoms with Crippen LogP contribution < -0.4 is 5.32 Å². The molecule has 18 heavy (non-hydrogen) atoms. The Bertz CT molecular complexity index is 352. The third kappa shape index (κ3) is 3.44. The average Bonchev–Trinajstić information content (AvgIpc) is 2.87. The summed E-state index contributed by atoms with van der Waals surface area (Å²) < 4.78 is 26.0. The molecule has 0 saturated carbocycles. The van der Waals surface area contributed by atoms with Gasteiger partial charge in [0.05, 0.1) is 12.4 Å². The molecule has 0 aromatic heterocycles. The van der Waals surface area contributed by atoms with E-state index in [0.717, 1.165) is 25.8 Å². The largest absolute Gasteiger partial charge is 0.395 e. The van der Waals surface area contributed by atoms with E-state index in [1.165, 1.54) is 17.1 Å². The molecule has 0 radical (unpaired) electrons. The number of sulfonamides is 1. The summed E-state index contributed by atoms with van der Waals surface area (Å²) in [5, 5.41) is 12.6. The Morgan fingerprint density at radius 2 is 2.06 bits per heavy atom. The topological polar surface area (TPSA) is 69.6 Å². The first-order valence-electron chi connectivity index (χ1n) is 6.97. The maximum absolute atomic E-state index is 12.2. The summed E-state index contributed by atoms with van der Waals surface area (Å²) in [6.45, 7) is 1.53. The van der Waals surface area contributed by atoms with Crippen LogP contribution in [-0.4, -0.2) is 55.4 Å². The Hall–Kier alpha value is -0.170. The third-order valence-electron chi connectivity index (χ3n) is 4.03. The highest BCUT2D eigenvalue weighted by Gasteiger charge is 2.33. The number of hydrogen-bond donors (Lipinski definition) is 2. The number of nitrogens with one attached hydrogen (secondary N) is 1. The summed E-state index contributed by atoms with van der Waals surface area (Å²) >= 11 is 0. The second-order valence-corrected chi connectivity index (χ2v) is 7.38. The van der Waals surface area contributed by atoms with Crippen LogP contribution in [0.15, 0.2) is 0 Å². The van der Waals surface area contributed by atoms with Crippen LogP contribution >= 0.6 is 0 Å². The molecule has 6 heteroatoms. The molecule has 0 spiro atoms. The van der Waals surface area contributed by atoms with Gasteiger partial charge < -0.3 is 10.4 Å². The van der Waals surface area contributed by atoms with E-state index >= 15 is 0 Å². The predicted octanol–water partition coefficient (Wildman–Crippen LogP) is 0.305. The first kappa shape index (κ1) is 14.2. The number of nitrogens with zero attached hydrogens (tertiary/aromatic N) is 1. The van der Waals surface area contributed by atoms with Crippen LogP contribution in [-0.2, 0) is 10.0 Å². The molecule has 2 rings (SSSR count). The highest BCUT2D eigenvalue weighted by Crippen LogP contribution is 2.22. The van der Waals surface area contributed by atoms with Crippen molar-refractivity contribution in [1.29, 1.82) is 0 Å². The number of rotatable bonds is 5. The lowest BCUT2D eigenvalue weighted by atomic mass is 10.0. The van der Waals surface area contributed by atoms with Crippen LogP contribution in [0.3, 0.4) is 0 Å². The minimum atomic E-state index is -3.19. The van der Waals surface area contributed by atoms with E-state index < -0.39 is 10.0 Å². The molecule has 2 unspecified atom stereocenters. The van der Waals surface area contributed by atoms with Gasteiger partial charge in [0.2, 0.25) is 10.0 Å². The first-order valence-corrected chi connectivity index (χ1v) is 8.58. The van der Waals surface area contributed by atoms with Gasteiger partial charge in [-0.25, -0.2) is 8.42 Å². The van der Waals surface area contributed by atoms with E-state index in [1.807, 2.05) is 0 Å². The first-order chi connectivity index (χ1) is 8.63. The van der Waals surface area contributed by atoms with Crippen LogP contribution in [0.2, 0.25) is 0 Å². The van der Waals surface area contributed by atoms with Crippen molar-refractivity contribution in [1.82, 2.24) is 9.62 Å². The Morgan fingerprint density at radius 1 is 1.22 bits per heavy atom. The van der Waals surface area contributed by atoms with E-state index in [-0.39, 0.29) is 18.4 Å². The van der Waals surface area contributed by atoms with Gasteiger partial charge in [-0.2, -0.15) is 4.31 Å². The maximum Gasteiger partial charge on any atom is 0.214 e. The Labute approximate surface area is 110 Å². The van der Waals surface area contributed by atoms with Crippen molar-refractivity contribution >= 4 is 10.0 Å². The quantitative estimate of drug-likeness (QED) is 0.758. The summed E-state index contributed by atoms with van der Waals surface area (Å²) in [5.74, 6) is 0.209. The van der Waals surface area contributed by atoms with Gasteiger partial charge in [-0.05, 0) is 38.6 Å². The zero-order chi connectivity index (χ0) is 13.0. The molecule has 0 aliphatic carbocycles. The SMILES string of the molecule is O=S(=O)(CCC1CCCCN1)N1CCCC1CO. The zero-order valence-electron chi connectivity index (χ0n) is 10.8. The van der Waals surface area contributed by atoms with Crippen molar-refractivity contribution < 1.29 is 13.5 Å². The number of aliphatic hydroxyl groups is 1. The Balaban J connectivity index is 1.86. The lowest BCUT2D eigenvalue weighted by Crippen LogP contribution is -2.41. The van der Waals surface area contributed by atoms with Crippen molar-refractivity contribution in [3.8, 4) is 0 Å². The summed E-state index contributed by atoms with van der Waals surface area (Å²) in [7, 11) is -3.19. The van der Waals surface area contributed by atoms with Crippen LogP contribution in [0.4, 0.5) is 0 Å². The lowest BCUT2D eigenvalue weighted by molar-refractivity contribution is 0.213. The van der Waals surface area contributed by atoms with Gasteiger partial charge in [0.15, 0.2) is 0 Å². The summed E-state index contributed by atoms with van der Waals surface area (Å²) in [6, 6.07) is 0.165. The van der Waals surface area contributed by atoms with Gasteiger partial charge in [0, 0.05) is 18.6 Å². The van der Waals surface area contributed by atoms with Crippen molar-refractivity contribution in [3.05, 3.63) is 0 Å². The third-order valence-corrected chi connectivity index (χ3v) is 5.97. The molecule has 2 heterocycles. The van der Waals surface area contributed by atoms with Gasteiger partial charge in [0.25, 0.3) is 0 Å². The molecular formula is C12H24N2O3S. The van der Waals surface area contributed by atoms with Crippen molar-refractivity contribution in [3.63, 3.8) is 0 Å². The minimum Gasteiger partial charge on any atom is -0.395 e. The monoisotopic (exact) mass is 276 g/mol. The highest BCUT2D eigenvalue weighted by molar-refractivity contribution is 7.89. The molecule has 2 fully saturated rings. The molecule has 0 aromatic carbocycles. The van der Waals surface area contributed by atoms with Gasteiger partial charge in [-0.3, -0.25) is 0 Å². The minimum absolute atomic E-state index is 0.0547. The van der Waals surface area contributed by atoms with E-state index in [2.05, 4.69) is 5.32 Å². The molecule has 0 bridgehead atoms. The van der Waals surface area contributed by atoms with Gasteiger partial charge >= 0.3 is 0 Å². The van der Waals surface area contributed by atoms with Crippen LogP contribution in [0, 0.1) is 0 Å². The zero-order valence-corrected chi connectivity index (χ0v) is 11.7. The lowest BCUT2D eigenvalue weighted by Gasteiger charge is -2.26. The Kier molecular flexibility index (Phi) is 5.00. The molecule has 0 amide bonds. The highest BCUT2D eigenvalue weighted by atomic mass is 32.2. The Morgan fingerprint density at radius 3 is 2.72 bits per heavy atom. The van der Waals surface area contributed by atoms with Crippen molar-refractivity contribution in [2.75, 3.05) is 25.4 Å². The predicted molar refractivity (Wildman–Crippen MR) is 70.9 cm³/mol. The molecule has 2 aliphatic heterocycles. The van der Waals surface area contributed by atoms with Gasteiger partial charge in [-0.1, -0.05) is 6.42 Å². The molecule has 0 aromatic rings. The van der Waals surface area contributed by atoms with Crippen LogP contribution in [0.1, 0.15) is 38.5 Å². The van der Waals surface area contributed by atoms with Gasteiger partial charge in [-0.15, -0.1) is 0 Å². The fraction of sp³-hybridized carbons (Fsp3) is 1.00. The smallest absolute Gasteiger partial charge is 0.214 e. The van der Waals surface area contributed by atoms with Crippen LogP contribution in [0.5, 0.6) is 0 Å². The van der Waals surface area contributed by atoms with E-state index in [0.29, 0.717) is 19.0 Å². The number of aliphatic hydroxyl groups excluding tert-OH is 1. The van der Waals surface area contributed by atoms with E-state index in [1.54, 1.807) is 0 Å². The molecule has 106 valence electrons. The average molecular weight is 276 g/mol. The normalized spacial score (nSPS) is 30.7. The molecule has 2 saturated heterocycles.